The van der Waals surface area contributed by atoms with Gasteiger partial charge < -0.3 is 15.4 Å². The highest BCUT2D eigenvalue weighted by atomic mass is 16.5. The summed E-state index contributed by atoms with van der Waals surface area (Å²) in [6.07, 6.45) is 0. The van der Waals surface area contributed by atoms with E-state index in [9.17, 15) is 4.79 Å². The first-order valence-corrected chi connectivity index (χ1v) is 7.44. The summed E-state index contributed by atoms with van der Waals surface area (Å²) >= 11 is 0. The maximum Gasteiger partial charge on any atom is 0.230 e. The van der Waals surface area contributed by atoms with Gasteiger partial charge in [-0.25, -0.2) is 0 Å². The van der Waals surface area contributed by atoms with Crippen molar-refractivity contribution in [2.24, 2.45) is 0 Å². The third kappa shape index (κ3) is 3.76. The molecular formula is C17H26N2O2. The molecule has 0 saturated carbocycles. The van der Waals surface area contributed by atoms with Crippen molar-refractivity contribution in [2.45, 2.75) is 51.7 Å². The fourth-order valence-corrected chi connectivity index (χ4v) is 3.19. The van der Waals surface area contributed by atoms with Crippen LogP contribution in [0.2, 0.25) is 0 Å². The molecule has 1 aliphatic heterocycles. The van der Waals surface area contributed by atoms with Crippen molar-refractivity contribution in [3.05, 3.63) is 29.8 Å². The van der Waals surface area contributed by atoms with Crippen LogP contribution in [0.4, 0.5) is 5.69 Å². The minimum Gasteiger partial charge on any atom is -0.399 e. The zero-order valence-corrected chi connectivity index (χ0v) is 13.6. The fourth-order valence-electron chi connectivity index (χ4n) is 3.19. The van der Waals surface area contributed by atoms with Gasteiger partial charge in [-0.1, -0.05) is 12.1 Å². The second-order valence-electron chi connectivity index (χ2n) is 7.21. The van der Waals surface area contributed by atoms with E-state index in [1.165, 1.54) is 0 Å². The molecule has 1 aromatic carbocycles. The molecule has 1 aromatic rings. The minimum absolute atomic E-state index is 0.130. The van der Waals surface area contributed by atoms with Crippen LogP contribution in [0.5, 0.6) is 0 Å². The zero-order chi connectivity index (χ0) is 15.8. The van der Waals surface area contributed by atoms with Crippen molar-refractivity contribution < 1.29 is 9.53 Å². The number of rotatable bonds is 2. The highest BCUT2D eigenvalue weighted by molar-refractivity contribution is 5.84. The van der Waals surface area contributed by atoms with Crippen LogP contribution in [0.15, 0.2) is 24.3 Å². The highest BCUT2D eigenvalue weighted by Crippen LogP contribution is 2.30. The van der Waals surface area contributed by atoms with Gasteiger partial charge in [0, 0.05) is 18.8 Å². The van der Waals surface area contributed by atoms with E-state index in [2.05, 4.69) is 0 Å². The number of carbonyl (C=O) groups is 1. The van der Waals surface area contributed by atoms with Crippen molar-refractivity contribution in [2.75, 3.05) is 18.8 Å². The van der Waals surface area contributed by atoms with Gasteiger partial charge in [0.05, 0.1) is 17.1 Å². The summed E-state index contributed by atoms with van der Waals surface area (Å²) in [4.78, 5) is 14.7. The van der Waals surface area contributed by atoms with E-state index in [1.54, 1.807) is 0 Å². The van der Waals surface area contributed by atoms with E-state index in [1.807, 2.05) is 63.8 Å². The van der Waals surface area contributed by atoms with E-state index in [0.717, 1.165) is 5.56 Å². The van der Waals surface area contributed by atoms with E-state index in [4.69, 9.17) is 10.5 Å². The number of hydrogen-bond donors (Lipinski definition) is 1. The number of nitrogen functional groups attached to an aromatic ring is 1. The molecule has 1 saturated heterocycles. The van der Waals surface area contributed by atoms with Crippen LogP contribution in [0, 0.1) is 0 Å². The van der Waals surface area contributed by atoms with Crippen LogP contribution in [-0.4, -0.2) is 35.1 Å². The molecule has 0 aromatic heterocycles. The van der Waals surface area contributed by atoms with Gasteiger partial charge in [0.1, 0.15) is 0 Å². The number of anilines is 1. The number of hydrogen-bond acceptors (Lipinski definition) is 3. The first-order valence-electron chi connectivity index (χ1n) is 7.44. The zero-order valence-electron chi connectivity index (χ0n) is 13.6. The molecule has 0 radical (unpaired) electrons. The van der Waals surface area contributed by atoms with Crippen molar-refractivity contribution in [1.82, 2.24) is 4.90 Å². The molecule has 0 bridgehead atoms. The number of benzene rings is 1. The van der Waals surface area contributed by atoms with Gasteiger partial charge >= 0.3 is 0 Å². The largest absolute Gasteiger partial charge is 0.399 e. The van der Waals surface area contributed by atoms with Crippen LogP contribution in [-0.2, 0) is 9.53 Å². The summed E-state index contributed by atoms with van der Waals surface area (Å²) in [5.41, 5.74) is 6.81. The number of nitrogens with zero attached hydrogens (tertiary/aromatic N) is 1. The van der Waals surface area contributed by atoms with E-state index in [-0.39, 0.29) is 23.0 Å². The molecule has 21 heavy (non-hydrogen) atoms. The van der Waals surface area contributed by atoms with Gasteiger partial charge in [-0.2, -0.15) is 0 Å². The first kappa shape index (κ1) is 15.8. The van der Waals surface area contributed by atoms with Crippen molar-refractivity contribution >= 4 is 11.6 Å². The SMILES string of the molecule is CC(C(=O)N1CC(C)(C)OC(C)(C)C1)c1cccc(N)c1. The lowest BCUT2D eigenvalue weighted by molar-refractivity contribution is -0.188. The van der Waals surface area contributed by atoms with Crippen LogP contribution in [0.3, 0.4) is 0 Å². The fraction of sp³-hybridized carbons (Fsp3) is 0.588. The molecule has 0 spiro atoms. The number of carbonyl (C=O) groups excluding carboxylic acids is 1. The summed E-state index contributed by atoms with van der Waals surface area (Å²) in [6.45, 7) is 11.3. The Balaban J connectivity index is 2.19. The highest BCUT2D eigenvalue weighted by Gasteiger charge is 2.40. The molecule has 4 heteroatoms. The van der Waals surface area contributed by atoms with Gasteiger partial charge in [-0.15, -0.1) is 0 Å². The Morgan fingerprint density at radius 3 is 2.33 bits per heavy atom. The van der Waals surface area contributed by atoms with E-state index < -0.39 is 0 Å². The molecule has 1 aliphatic rings. The Morgan fingerprint density at radius 2 is 1.81 bits per heavy atom. The Bertz CT molecular complexity index is 521. The molecule has 0 aliphatic carbocycles. The second kappa shape index (κ2) is 5.34. The Morgan fingerprint density at radius 1 is 1.24 bits per heavy atom. The Hall–Kier alpha value is -1.55. The lowest BCUT2D eigenvalue weighted by Gasteiger charge is -2.47. The average Bonchev–Trinajstić information content (AvgIpc) is 2.33. The molecule has 1 heterocycles. The van der Waals surface area contributed by atoms with Crippen molar-refractivity contribution in [1.29, 1.82) is 0 Å². The van der Waals surface area contributed by atoms with Gasteiger partial charge in [-0.05, 0) is 52.3 Å². The summed E-state index contributed by atoms with van der Waals surface area (Å²) in [5, 5.41) is 0. The number of morpholine rings is 1. The van der Waals surface area contributed by atoms with Crippen LogP contribution in [0.1, 0.15) is 46.1 Å². The molecule has 4 nitrogen and oxygen atoms in total. The van der Waals surface area contributed by atoms with Crippen molar-refractivity contribution in [3.8, 4) is 0 Å². The molecule has 2 rings (SSSR count). The topological polar surface area (TPSA) is 55.6 Å². The minimum atomic E-state index is -0.327. The Labute approximate surface area is 127 Å². The number of ether oxygens (including phenoxy) is 1. The van der Waals surface area contributed by atoms with Gasteiger partial charge in [0.15, 0.2) is 0 Å². The molecule has 1 unspecified atom stereocenters. The normalized spacial score (nSPS) is 21.9. The molecular weight excluding hydrogens is 264 g/mol. The summed E-state index contributed by atoms with van der Waals surface area (Å²) in [5.74, 6) is -0.0664. The third-order valence-corrected chi connectivity index (χ3v) is 3.79. The van der Waals surface area contributed by atoms with E-state index in [0.29, 0.717) is 18.8 Å². The molecule has 116 valence electrons. The average molecular weight is 290 g/mol. The van der Waals surface area contributed by atoms with E-state index >= 15 is 0 Å². The summed E-state index contributed by atoms with van der Waals surface area (Å²) in [7, 11) is 0. The van der Waals surface area contributed by atoms with Crippen LogP contribution >= 0.6 is 0 Å². The van der Waals surface area contributed by atoms with Crippen molar-refractivity contribution in [3.63, 3.8) is 0 Å². The van der Waals surface area contributed by atoms with Crippen LogP contribution in [0.25, 0.3) is 0 Å². The number of nitrogens with two attached hydrogens (primary N) is 1. The van der Waals surface area contributed by atoms with Gasteiger partial charge in [0.2, 0.25) is 5.91 Å². The quantitative estimate of drug-likeness (QED) is 0.852. The molecule has 1 atom stereocenters. The monoisotopic (exact) mass is 290 g/mol. The lowest BCUT2D eigenvalue weighted by atomic mass is 9.94. The second-order valence-corrected chi connectivity index (χ2v) is 7.21. The predicted octanol–water partition coefficient (Wildman–Crippen LogP) is 2.79. The maximum atomic E-state index is 12.8. The molecule has 1 amide bonds. The molecule has 2 N–H and O–H groups in total. The molecule has 1 fully saturated rings. The van der Waals surface area contributed by atoms with Gasteiger partial charge in [0.25, 0.3) is 0 Å². The third-order valence-electron chi connectivity index (χ3n) is 3.79. The van der Waals surface area contributed by atoms with Gasteiger partial charge in [-0.3, -0.25) is 4.79 Å². The maximum absolute atomic E-state index is 12.8. The first-order chi connectivity index (χ1) is 9.60. The van der Waals surface area contributed by atoms with Crippen LogP contribution < -0.4 is 5.73 Å². The summed E-state index contributed by atoms with van der Waals surface area (Å²) < 4.78 is 6.03. The standard InChI is InChI=1S/C17H26N2O2/c1-12(13-7-6-8-14(18)9-13)15(20)19-10-16(2,3)21-17(4,5)11-19/h6-9,12H,10-11,18H2,1-5H3. The number of amides is 1. The summed E-state index contributed by atoms with van der Waals surface area (Å²) in [6, 6.07) is 7.55. The Kier molecular flexibility index (Phi) is 4.02. The smallest absolute Gasteiger partial charge is 0.230 e. The lowest BCUT2D eigenvalue weighted by Crippen LogP contribution is -2.59. The predicted molar refractivity (Wildman–Crippen MR) is 85.1 cm³/mol.